The molecule has 9 atom stereocenters. The summed E-state index contributed by atoms with van der Waals surface area (Å²) in [5, 5.41) is 13.9. The van der Waals surface area contributed by atoms with Gasteiger partial charge in [0.2, 0.25) is 11.5 Å². The van der Waals surface area contributed by atoms with Crippen LogP contribution in [0.1, 0.15) is 43.7 Å². The number of allylic oxidation sites excluding steroid dienone is 4. The number of carbonyl (C=O) groups is 3. The molecule has 0 amide bonds. The molecular weight excluding hydrogens is 596 g/mol. The first kappa shape index (κ1) is 29.4. The highest BCUT2D eigenvalue weighted by molar-refractivity contribution is 6.30. The second kappa shape index (κ2) is 9.83. The molecule has 0 unspecified atom stereocenters. The van der Waals surface area contributed by atoms with Gasteiger partial charge in [0.05, 0.1) is 24.6 Å². The monoisotopic (exact) mass is 627 g/mol. The van der Waals surface area contributed by atoms with E-state index < -0.39 is 76.3 Å². The molecule has 3 saturated carbocycles. The van der Waals surface area contributed by atoms with Gasteiger partial charge in [0.15, 0.2) is 23.7 Å². The number of hydrogen-bond donors (Lipinski definition) is 1. The fourth-order valence-corrected chi connectivity index (χ4v) is 9.34. The Morgan fingerprint density at radius 3 is 2.61 bits per heavy atom. The van der Waals surface area contributed by atoms with Crippen LogP contribution in [0, 0.1) is 28.6 Å². The highest BCUT2D eigenvalue weighted by atomic mass is 35.5. The molecule has 4 aliphatic carbocycles. The molecule has 1 aliphatic heterocycles. The fourth-order valence-electron chi connectivity index (χ4n) is 9.21. The molecule has 2 heterocycles. The normalized spacial score (nSPS) is 40.5. The van der Waals surface area contributed by atoms with Crippen molar-refractivity contribution < 1.29 is 42.3 Å². The van der Waals surface area contributed by atoms with Gasteiger partial charge in [-0.1, -0.05) is 24.6 Å². The van der Waals surface area contributed by atoms with Crippen molar-refractivity contribution in [3.8, 4) is 0 Å². The van der Waals surface area contributed by atoms with Crippen molar-refractivity contribution in [3.63, 3.8) is 0 Å². The summed E-state index contributed by atoms with van der Waals surface area (Å²) in [5.41, 5.74) is -5.96. The number of anilines is 1. The number of aliphatic hydroxyl groups is 1. The van der Waals surface area contributed by atoms with Crippen LogP contribution in [0.3, 0.4) is 0 Å². The average molecular weight is 628 g/mol. The third-order valence-electron chi connectivity index (χ3n) is 11.2. The van der Waals surface area contributed by atoms with Crippen molar-refractivity contribution in [1.82, 2.24) is 0 Å². The standard InChI is InChI=1S/C33H32ClF2NO7/c1-30-10-9-21(38)13-24(30)25(35)14-23-22-12-18-16-37(20-7-5-19(34)6-8-20)44-33(18,31(22,2)15-27(39)32(23,30)36)28(40)17-43-29(41)26-4-3-11-42-26/h3-11,13,18,22-23,25,27,39H,12,14-17H2,1-2H3/t18-,22-,23-,25-,27-,30-,31-,32-,33-/m0/s1. The van der Waals surface area contributed by atoms with E-state index in [1.165, 1.54) is 37.5 Å². The van der Waals surface area contributed by atoms with Gasteiger partial charge in [-0.15, -0.1) is 0 Å². The first-order valence-electron chi connectivity index (χ1n) is 14.8. The zero-order valence-electron chi connectivity index (χ0n) is 24.2. The first-order valence-corrected chi connectivity index (χ1v) is 15.2. The molecule has 1 saturated heterocycles. The highest BCUT2D eigenvalue weighted by Crippen LogP contribution is 2.72. The van der Waals surface area contributed by atoms with Crippen LogP contribution in [0.25, 0.3) is 0 Å². The summed E-state index contributed by atoms with van der Waals surface area (Å²) in [6.07, 6.45) is 1.75. The average Bonchev–Trinajstić information content (AvgIpc) is 3.71. The molecule has 44 heavy (non-hydrogen) atoms. The Kier molecular flexibility index (Phi) is 6.56. The van der Waals surface area contributed by atoms with Crippen LogP contribution in [-0.2, 0) is 19.2 Å². The third-order valence-corrected chi connectivity index (χ3v) is 11.5. The van der Waals surface area contributed by atoms with E-state index in [0.29, 0.717) is 17.1 Å². The van der Waals surface area contributed by atoms with Crippen molar-refractivity contribution in [3.05, 3.63) is 77.2 Å². The summed E-state index contributed by atoms with van der Waals surface area (Å²) in [4.78, 5) is 45.8. The van der Waals surface area contributed by atoms with E-state index in [2.05, 4.69) is 0 Å². The second-order valence-electron chi connectivity index (χ2n) is 13.1. The van der Waals surface area contributed by atoms with Gasteiger partial charge in [-0.05, 0) is 86.2 Å². The summed E-state index contributed by atoms with van der Waals surface area (Å²) in [5.74, 6) is -3.90. The van der Waals surface area contributed by atoms with Gasteiger partial charge in [-0.2, -0.15) is 0 Å². The molecule has 0 bridgehead atoms. The van der Waals surface area contributed by atoms with Crippen LogP contribution >= 0.6 is 11.6 Å². The lowest BCUT2D eigenvalue weighted by Gasteiger charge is -2.63. The summed E-state index contributed by atoms with van der Waals surface area (Å²) in [7, 11) is 0. The molecule has 8 nitrogen and oxygen atoms in total. The van der Waals surface area contributed by atoms with Crippen molar-refractivity contribution in [2.45, 2.75) is 56.7 Å². The number of halogens is 3. The Morgan fingerprint density at radius 1 is 1.16 bits per heavy atom. The number of alkyl halides is 2. The molecule has 7 rings (SSSR count). The van der Waals surface area contributed by atoms with Gasteiger partial charge in [0, 0.05) is 27.7 Å². The van der Waals surface area contributed by atoms with Crippen molar-refractivity contribution >= 4 is 34.8 Å². The minimum atomic E-state index is -2.30. The molecule has 1 aromatic carbocycles. The van der Waals surface area contributed by atoms with E-state index in [1.807, 2.05) is 0 Å². The Morgan fingerprint density at radius 2 is 1.91 bits per heavy atom. The summed E-state index contributed by atoms with van der Waals surface area (Å²) in [6, 6.07) is 9.82. The Labute approximate surface area is 257 Å². The lowest BCUT2D eigenvalue weighted by Crippen LogP contribution is -2.70. The number of benzene rings is 1. The maximum absolute atomic E-state index is 17.7. The maximum atomic E-state index is 17.7. The zero-order chi connectivity index (χ0) is 31.2. The predicted octanol–water partition coefficient (Wildman–Crippen LogP) is 5.39. The van der Waals surface area contributed by atoms with Crippen molar-refractivity contribution in [2.75, 3.05) is 18.2 Å². The largest absolute Gasteiger partial charge is 0.457 e. The van der Waals surface area contributed by atoms with Gasteiger partial charge in [0.1, 0.15) is 6.17 Å². The van der Waals surface area contributed by atoms with Gasteiger partial charge in [0.25, 0.3) is 0 Å². The molecule has 1 N–H and O–H groups in total. The quantitative estimate of drug-likeness (QED) is 0.440. The van der Waals surface area contributed by atoms with Crippen LogP contribution in [0.5, 0.6) is 0 Å². The summed E-state index contributed by atoms with van der Waals surface area (Å²) in [6.45, 7) is 2.94. The Bertz CT molecular complexity index is 1590. The van der Waals surface area contributed by atoms with Crippen LogP contribution in [0.2, 0.25) is 5.02 Å². The molecule has 0 spiro atoms. The first-order chi connectivity index (χ1) is 20.8. The lowest BCUT2D eigenvalue weighted by atomic mass is 9.44. The van der Waals surface area contributed by atoms with Gasteiger partial charge in [-0.25, -0.2) is 13.6 Å². The predicted molar refractivity (Wildman–Crippen MR) is 154 cm³/mol. The number of aliphatic hydroxyl groups excluding tert-OH is 1. The minimum absolute atomic E-state index is 0.0328. The van der Waals surface area contributed by atoms with E-state index in [0.717, 1.165) is 6.08 Å². The number of Topliss-reactive ketones (excluding diaryl/α,β-unsaturated/α-hetero) is 1. The second-order valence-corrected chi connectivity index (χ2v) is 13.6. The maximum Gasteiger partial charge on any atom is 0.374 e. The number of nitrogens with zero attached hydrogens (tertiary/aromatic N) is 1. The number of ketones is 2. The van der Waals surface area contributed by atoms with Crippen molar-refractivity contribution in [2.24, 2.45) is 28.6 Å². The van der Waals surface area contributed by atoms with E-state index in [4.69, 9.17) is 25.6 Å². The smallest absolute Gasteiger partial charge is 0.374 e. The number of carbonyl (C=O) groups excluding carboxylic acids is 3. The molecular formula is C33H32ClF2NO7. The SMILES string of the molecule is C[C@]12C=CC(=O)C=C1[C@@H](F)C[C@H]1[C@@H]3C[C@H]4CN(c5ccc(Cl)cc5)O[C@@]4(C(=O)COC(=O)c4ccco4)[C@@]3(C)C[C@H](O)[C@@]12F. The molecule has 2 aromatic rings. The zero-order valence-corrected chi connectivity index (χ0v) is 24.9. The topological polar surface area (TPSA) is 106 Å². The van der Waals surface area contributed by atoms with Crippen LogP contribution < -0.4 is 5.06 Å². The molecule has 0 radical (unpaired) electrons. The molecule has 4 fully saturated rings. The Hall–Kier alpha value is -3.34. The molecule has 11 heteroatoms. The third kappa shape index (κ3) is 3.77. The van der Waals surface area contributed by atoms with Crippen molar-refractivity contribution in [1.29, 1.82) is 0 Å². The number of ether oxygens (including phenoxy) is 1. The number of furan rings is 1. The van der Waals surface area contributed by atoms with Crippen LogP contribution in [0.15, 0.2) is 70.9 Å². The lowest BCUT2D eigenvalue weighted by molar-refractivity contribution is -0.228. The fraction of sp³-hybridized carbons (Fsp3) is 0.485. The van der Waals surface area contributed by atoms with E-state index >= 15 is 8.78 Å². The number of hydrogen-bond acceptors (Lipinski definition) is 8. The van der Waals surface area contributed by atoms with E-state index in [9.17, 15) is 19.5 Å². The molecule has 232 valence electrons. The number of esters is 1. The van der Waals surface area contributed by atoms with E-state index in [1.54, 1.807) is 36.3 Å². The number of fused-ring (bicyclic) bond motifs is 7. The molecule has 1 aromatic heterocycles. The van der Waals surface area contributed by atoms with Gasteiger partial charge in [-0.3, -0.25) is 19.5 Å². The molecule has 5 aliphatic rings. The van der Waals surface area contributed by atoms with E-state index in [-0.39, 0.29) is 30.7 Å². The van der Waals surface area contributed by atoms with Gasteiger partial charge < -0.3 is 14.3 Å². The van der Waals surface area contributed by atoms with Gasteiger partial charge >= 0.3 is 5.97 Å². The number of rotatable bonds is 5. The highest BCUT2D eigenvalue weighted by Gasteiger charge is 2.79. The summed E-state index contributed by atoms with van der Waals surface area (Å²) < 4.78 is 44.1. The Balaban J connectivity index is 1.28. The summed E-state index contributed by atoms with van der Waals surface area (Å²) >= 11 is 6.10. The van der Waals surface area contributed by atoms with Crippen LogP contribution in [-0.4, -0.2) is 59.3 Å². The minimum Gasteiger partial charge on any atom is -0.457 e. The number of hydroxylamine groups is 1. The van der Waals surface area contributed by atoms with Crippen LogP contribution in [0.4, 0.5) is 14.5 Å².